The van der Waals surface area contributed by atoms with Crippen LogP contribution in [0, 0.1) is 0 Å². The number of hydrogen-bond acceptors (Lipinski definition) is 3. The molecule has 0 radical (unpaired) electrons. The maximum atomic E-state index is 10.3. The molecule has 0 saturated carbocycles. The third-order valence-corrected chi connectivity index (χ3v) is 0.652. The summed E-state index contributed by atoms with van der Waals surface area (Å²) >= 11 is 0. The molecule has 5 N–H and O–H groups in total. The Labute approximate surface area is 60.4 Å². The van der Waals surface area contributed by atoms with Crippen LogP contribution in [0.25, 0.3) is 0 Å². The molecule has 0 saturated heterocycles. The summed E-state index contributed by atoms with van der Waals surface area (Å²) in [7, 11) is 0. The van der Waals surface area contributed by atoms with Crippen LogP contribution in [0.4, 0.5) is 0 Å². The van der Waals surface area contributed by atoms with Crippen LogP contribution in [0.15, 0.2) is 0 Å². The lowest BCUT2D eigenvalue weighted by Crippen LogP contribution is -2.33. The predicted molar refractivity (Wildman–Crippen MR) is 38.4 cm³/mol. The summed E-state index contributed by atoms with van der Waals surface area (Å²) in [6.07, 6.45) is 0. The number of halogens is 1. The largest absolute Gasteiger partial charge is 0.354 e. The van der Waals surface area contributed by atoms with E-state index in [0.29, 0.717) is 13.1 Å². The van der Waals surface area contributed by atoms with E-state index in [2.05, 4.69) is 5.32 Å². The van der Waals surface area contributed by atoms with Gasteiger partial charge in [0.25, 0.3) is 0 Å². The highest BCUT2D eigenvalue weighted by Gasteiger charge is 1.90. The minimum absolute atomic E-state index is 0. The van der Waals surface area contributed by atoms with Gasteiger partial charge in [0.1, 0.15) is 0 Å². The van der Waals surface area contributed by atoms with Crippen LogP contribution >= 0.6 is 12.4 Å². The Morgan fingerprint density at radius 1 is 1.44 bits per heavy atom. The van der Waals surface area contributed by atoms with Gasteiger partial charge in [0.2, 0.25) is 5.91 Å². The van der Waals surface area contributed by atoms with E-state index in [1.54, 1.807) is 0 Å². The molecule has 0 rings (SSSR count). The third kappa shape index (κ3) is 7.68. The second kappa shape index (κ2) is 7.68. The highest BCUT2D eigenvalue weighted by molar-refractivity contribution is 5.85. The van der Waals surface area contributed by atoms with Crippen LogP contribution in [0.5, 0.6) is 0 Å². The van der Waals surface area contributed by atoms with Gasteiger partial charge < -0.3 is 16.8 Å². The smallest absolute Gasteiger partial charge is 0.233 e. The zero-order valence-electron chi connectivity index (χ0n) is 5.09. The van der Waals surface area contributed by atoms with Crippen LogP contribution in [0.1, 0.15) is 0 Å². The molecular formula is C4H12ClN3O. The monoisotopic (exact) mass is 153 g/mol. The summed E-state index contributed by atoms with van der Waals surface area (Å²) in [5.74, 6) is -0.157. The standard InChI is InChI=1S/C4H11N3O.ClH/c5-1-2-7-4(8)3-6;/h1-3,5-6H2,(H,7,8);1H. The molecule has 0 aliphatic heterocycles. The van der Waals surface area contributed by atoms with Crippen LogP contribution in [-0.4, -0.2) is 25.5 Å². The van der Waals surface area contributed by atoms with Crippen LogP contribution in [-0.2, 0) is 4.79 Å². The molecule has 0 atom stereocenters. The van der Waals surface area contributed by atoms with Gasteiger partial charge >= 0.3 is 0 Å². The Hall–Kier alpha value is -0.320. The molecule has 0 aromatic heterocycles. The highest BCUT2D eigenvalue weighted by atomic mass is 35.5. The molecule has 0 aliphatic rings. The van der Waals surface area contributed by atoms with E-state index < -0.39 is 0 Å². The molecule has 0 heterocycles. The summed E-state index contributed by atoms with van der Waals surface area (Å²) in [6.45, 7) is 1.02. The molecule has 1 amide bonds. The van der Waals surface area contributed by atoms with Crippen molar-refractivity contribution < 1.29 is 4.79 Å². The Balaban J connectivity index is 0. The normalized spacial score (nSPS) is 7.78. The number of nitrogens with two attached hydrogens (primary N) is 2. The van der Waals surface area contributed by atoms with E-state index in [9.17, 15) is 4.79 Å². The first-order valence-electron chi connectivity index (χ1n) is 2.48. The van der Waals surface area contributed by atoms with Gasteiger partial charge in [-0.3, -0.25) is 4.79 Å². The second-order valence-electron chi connectivity index (χ2n) is 1.34. The first-order chi connectivity index (χ1) is 3.81. The molecular weight excluding hydrogens is 142 g/mol. The Kier molecular flexibility index (Phi) is 9.79. The summed E-state index contributed by atoms with van der Waals surface area (Å²) < 4.78 is 0. The van der Waals surface area contributed by atoms with Gasteiger partial charge in [-0.25, -0.2) is 0 Å². The van der Waals surface area contributed by atoms with Gasteiger partial charge in [-0.15, -0.1) is 12.4 Å². The molecule has 0 aromatic rings. The molecule has 4 nitrogen and oxygen atoms in total. The molecule has 0 bridgehead atoms. The lowest BCUT2D eigenvalue weighted by molar-refractivity contribution is -0.119. The fraction of sp³-hybridized carbons (Fsp3) is 0.750. The van der Waals surface area contributed by atoms with Gasteiger partial charge in [0.05, 0.1) is 6.54 Å². The molecule has 56 valence electrons. The van der Waals surface area contributed by atoms with Crippen molar-refractivity contribution in [2.75, 3.05) is 19.6 Å². The van der Waals surface area contributed by atoms with E-state index in [0.717, 1.165) is 0 Å². The molecule has 0 unspecified atom stereocenters. The van der Waals surface area contributed by atoms with Crippen LogP contribution in [0.2, 0.25) is 0 Å². The van der Waals surface area contributed by atoms with E-state index >= 15 is 0 Å². The van der Waals surface area contributed by atoms with Crippen molar-refractivity contribution in [3.05, 3.63) is 0 Å². The Morgan fingerprint density at radius 2 is 2.00 bits per heavy atom. The SMILES string of the molecule is Cl.NCCNC(=O)CN. The van der Waals surface area contributed by atoms with E-state index in [1.165, 1.54) is 0 Å². The van der Waals surface area contributed by atoms with Gasteiger partial charge in [0.15, 0.2) is 0 Å². The number of hydrogen-bond donors (Lipinski definition) is 3. The van der Waals surface area contributed by atoms with Gasteiger partial charge in [-0.05, 0) is 0 Å². The number of nitrogens with one attached hydrogen (secondary N) is 1. The summed E-state index contributed by atoms with van der Waals surface area (Å²) in [6, 6.07) is 0. The lowest BCUT2D eigenvalue weighted by atomic mass is 10.5. The summed E-state index contributed by atoms with van der Waals surface area (Å²) in [5, 5.41) is 2.49. The number of carbonyl (C=O) groups is 1. The zero-order chi connectivity index (χ0) is 6.41. The molecule has 0 aliphatic carbocycles. The Morgan fingerprint density at radius 3 is 2.33 bits per heavy atom. The highest BCUT2D eigenvalue weighted by Crippen LogP contribution is 1.55. The zero-order valence-corrected chi connectivity index (χ0v) is 5.91. The average Bonchev–Trinajstić information content (AvgIpc) is 1.83. The van der Waals surface area contributed by atoms with Gasteiger partial charge in [-0.2, -0.15) is 0 Å². The van der Waals surface area contributed by atoms with Crippen LogP contribution in [0.3, 0.4) is 0 Å². The van der Waals surface area contributed by atoms with E-state index in [-0.39, 0.29) is 24.9 Å². The number of rotatable bonds is 3. The average molecular weight is 154 g/mol. The summed E-state index contributed by atoms with van der Waals surface area (Å²) in [5.41, 5.74) is 10.0. The minimum atomic E-state index is -0.157. The van der Waals surface area contributed by atoms with Crippen molar-refractivity contribution in [3.63, 3.8) is 0 Å². The molecule has 9 heavy (non-hydrogen) atoms. The fourth-order valence-corrected chi connectivity index (χ4v) is 0.284. The van der Waals surface area contributed by atoms with Gasteiger partial charge in [0, 0.05) is 13.1 Å². The van der Waals surface area contributed by atoms with Crippen molar-refractivity contribution in [2.24, 2.45) is 11.5 Å². The molecule has 0 fully saturated rings. The molecule has 5 heteroatoms. The maximum Gasteiger partial charge on any atom is 0.233 e. The second-order valence-corrected chi connectivity index (χ2v) is 1.34. The Bertz CT molecular complexity index is 78.2. The topological polar surface area (TPSA) is 81.1 Å². The van der Waals surface area contributed by atoms with E-state index in [1.807, 2.05) is 0 Å². The van der Waals surface area contributed by atoms with Crippen molar-refractivity contribution in [1.29, 1.82) is 0 Å². The van der Waals surface area contributed by atoms with Crippen molar-refractivity contribution in [3.8, 4) is 0 Å². The minimum Gasteiger partial charge on any atom is -0.354 e. The van der Waals surface area contributed by atoms with Crippen molar-refractivity contribution in [1.82, 2.24) is 5.32 Å². The fourth-order valence-electron chi connectivity index (χ4n) is 0.284. The van der Waals surface area contributed by atoms with Crippen molar-refractivity contribution >= 4 is 18.3 Å². The third-order valence-electron chi connectivity index (χ3n) is 0.652. The first kappa shape index (κ1) is 11.5. The van der Waals surface area contributed by atoms with E-state index in [4.69, 9.17) is 11.5 Å². The predicted octanol–water partition coefficient (Wildman–Crippen LogP) is -1.56. The van der Waals surface area contributed by atoms with Crippen molar-refractivity contribution in [2.45, 2.75) is 0 Å². The molecule has 0 aromatic carbocycles. The molecule has 0 spiro atoms. The lowest BCUT2D eigenvalue weighted by Gasteiger charge is -1.97. The first-order valence-corrected chi connectivity index (χ1v) is 2.48. The van der Waals surface area contributed by atoms with Crippen LogP contribution < -0.4 is 16.8 Å². The summed E-state index contributed by atoms with van der Waals surface area (Å²) in [4.78, 5) is 10.3. The quantitative estimate of drug-likeness (QED) is 0.459. The van der Waals surface area contributed by atoms with Gasteiger partial charge in [-0.1, -0.05) is 0 Å². The number of carbonyl (C=O) groups excluding carboxylic acids is 1. The maximum absolute atomic E-state index is 10.3. The number of amides is 1.